The van der Waals surface area contributed by atoms with Crippen LogP contribution in [-0.2, 0) is 0 Å². The van der Waals surface area contributed by atoms with Crippen molar-refractivity contribution in [3.05, 3.63) is 71.3 Å². The van der Waals surface area contributed by atoms with Crippen molar-refractivity contribution in [2.75, 3.05) is 0 Å². The smallest absolute Gasteiger partial charge is 0.0608 e. The van der Waals surface area contributed by atoms with E-state index in [1.165, 1.54) is 29.5 Å². The molecule has 0 aromatic heterocycles. The summed E-state index contributed by atoms with van der Waals surface area (Å²) in [7, 11) is 0. The van der Waals surface area contributed by atoms with Crippen LogP contribution >= 0.6 is 0 Å². The molecule has 1 saturated heterocycles. The lowest BCUT2D eigenvalue weighted by Crippen LogP contribution is -2.51. The highest BCUT2D eigenvalue weighted by atomic mass is 16.5. The summed E-state index contributed by atoms with van der Waals surface area (Å²) in [6.07, 6.45) is 4.51. The molecule has 2 aliphatic rings. The fourth-order valence-corrected chi connectivity index (χ4v) is 5.65. The molecule has 2 heteroatoms. The third kappa shape index (κ3) is 3.77. The summed E-state index contributed by atoms with van der Waals surface area (Å²) in [5.74, 6) is 1.75. The van der Waals surface area contributed by atoms with E-state index in [9.17, 15) is 5.21 Å². The van der Waals surface area contributed by atoms with Crippen LogP contribution in [0.3, 0.4) is 0 Å². The van der Waals surface area contributed by atoms with E-state index < -0.39 is 0 Å². The molecule has 150 valence electrons. The molecule has 0 spiro atoms. The van der Waals surface area contributed by atoms with Gasteiger partial charge in [0.25, 0.3) is 0 Å². The summed E-state index contributed by atoms with van der Waals surface area (Å²) < 4.78 is 0. The lowest BCUT2D eigenvalue weighted by Gasteiger charge is -2.52. The van der Waals surface area contributed by atoms with Gasteiger partial charge >= 0.3 is 0 Å². The van der Waals surface area contributed by atoms with E-state index in [4.69, 9.17) is 0 Å². The molecule has 4 rings (SSSR count). The van der Waals surface area contributed by atoms with Crippen molar-refractivity contribution in [2.45, 2.75) is 71.4 Å². The van der Waals surface area contributed by atoms with E-state index >= 15 is 0 Å². The number of hydrogen-bond donors (Lipinski definition) is 1. The Morgan fingerprint density at radius 1 is 0.857 bits per heavy atom. The quantitative estimate of drug-likeness (QED) is 0.626. The van der Waals surface area contributed by atoms with Crippen molar-refractivity contribution < 1.29 is 5.21 Å². The first kappa shape index (κ1) is 19.7. The van der Waals surface area contributed by atoms with Crippen molar-refractivity contribution in [1.29, 1.82) is 0 Å². The predicted molar refractivity (Wildman–Crippen MR) is 115 cm³/mol. The van der Waals surface area contributed by atoms with Gasteiger partial charge in [0.2, 0.25) is 0 Å². The molecule has 2 aromatic carbocycles. The van der Waals surface area contributed by atoms with Gasteiger partial charge in [0.1, 0.15) is 0 Å². The molecule has 0 bridgehead atoms. The Bertz CT molecular complexity index is 776. The standard InChI is InChI=1S/C26H35NO/c1-18-10-12-20(13-11-18)25-17-22(19-8-6-5-7-9-19)23-16-21(26(2,3)4)14-15-24(23)27(25)28/h5-13,21-25,28H,14-17H2,1-4H3/t21-,22-,23-,24-,25+/m1/s1. The average molecular weight is 378 g/mol. The molecule has 1 aliphatic heterocycles. The first-order valence-corrected chi connectivity index (χ1v) is 10.9. The summed E-state index contributed by atoms with van der Waals surface area (Å²) in [5, 5.41) is 13.0. The Hall–Kier alpha value is -1.64. The minimum Gasteiger partial charge on any atom is -0.313 e. The van der Waals surface area contributed by atoms with Gasteiger partial charge in [-0.15, -0.1) is 0 Å². The lowest BCUT2D eigenvalue weighted by molar-refractivity contribution is -0.213. The number of rotatable bonds is 2. The maximum absolute atomic E-state index is 11.3. The number of nitrogens with zero attached hydrogens (tertiary/aromatic N) is 1. The first-order chi connectivity index (χ1) is 13.3. The summed E-state index contributed by atoms with van der Waals surface area (Å²) in [5.41, 5.74) is 4.29. The van der Waals surface area contributed by atoms with Crippen molar-refractivity contribution in [2.24, 2.45) is 17.3 Å². The summed E-state index contributed by atoms with van der Waals surface area (Å²) in [4.78, 5) is 0. The predicted octanol–water partition coefficient (Wildman–Crippen LogP) is 6.75. The van der Waals surface area contributed by atoms with Crippen molar-refractivity contribution in [3.8, 4) is 0 Å². The molecule has 1 saturated carbocycles. The molecule has 2 nitrogen and oxygen atoms in total. The zero-order chi connectivity index (χ0) is 19.9. The molecule has 1 N–H and O–H groups in total. The molecule has 0 amide bonds. The third-order valence-corrected chi connectivity index (χ3v) is 7.43. The normalized spacial score (nSPS) is 31.4. The fourth-order valence-electron chi connectivity index (χ4n) is 5.65. The molecule has 2 fully saturated rings. The lowest BCUT2D eigenvalue weighted by atomic mass is 9.61. The second-order valence-corrected chi connectivity index (χ2v) is 10.2. The SMILES string of the molecule is Cc1ccc([C@@H]2C[C@H](c3ccccc3)[C@H]3C[C@H](C(C)(C)C)CC[C@H]3N2O)cc1. The van der Waals surface area contributed by atoms with E-state index in [0.29, 0.717) is 17.3 Å². The largest absolute Gasteiger partial charge is 0.313 e. The molecule has 5 atom stereocenters. The second kappa shape index (κ2) is 7.65. The van der Waals surface area contributed by atoms with Crippen LogP contribution in [0.4, 0.5) is 0 Å². The van der Waals surface area contributed by atoms with E-state index in [1.54, 1.807) is 5.06 Å². The average Bonchev–Trinajstić information content (AvgIpc) is 2.69. The molecule has 0 radical (unpaired) electrons. The monoisotopic (exact) mass is 377 g/mol. The van der Waals surface area contributed by atoms with Crippen molar-refractivity contribution >= 4 is 0 Å². The van der Waals surface area contributed by atoms with Gasteiger partial charge in [-0.25, -0.2) is 0 Å². The van der Waals surface area contributed by atoms with Crippen molar-refractivity contribution in [1.82, 2.24) is 5.06 Å². The highest BCUT2D eigenvalue weighted by molar-refractivity contribution is 5.28. The van der Waals surface area contributed by atoms with Crippen LogP contribution in [0.2, 0.25) is 0 Å². The molecular formula is C26H35NO. The zero-order valence-corrected chi connectivity index (χ0v) is 17.8. The molecular weight excluding hydrogens is 342 g/mol. The molecule has 1 aliphatic carbocycles. The Kier molecular flexibility index (Phi) is 5.37. The minimum absolute atomic E-state index is 0.0817. The van der Waals surface area contributed by atoms with E-state index in [-0.39, 0.29) is 12.1 Å². The zero-order valence-electron chi connectivity index (χ0n) is 17.8. The Morgan fingerprint density at radius 3 is 2.18 bits per heavy atom. The highest BCUT2D eigenvalue weighted by Gasteiger charge is 2.47. The van der Waals surface area contributed by atoms with E-state index in [1.807, 2.05) is 0 Å². The third-order valence-electron chi connectivity index (χ3n) is 7.43. The van der Waals surface area contributed by atoms with Gasteiger partial charge in [-0.05, 0) is 66.9 Å². The van der Waals surface area contributed by atoms with Gasteiger partial charge in [0.15, 0.2) is 0 Å². The Morgan fingerprint density at radius 2 is 1.54 bits per heavy atom. The molecule has 0 unspecified atom stereocenters. The van der Waals surface area contributed by atoms with E-state index in [0.717, 1.165) is 18.8 Å². The highest BCUT2D eigenvalue weighted by Crippen LogP contribution is 2.53. The maximum atomic E-state index is 11.3. The van der Waals surface area contributed by atoms with Crippen LogP contribution < -0.4 is 0 Å². The number of aryl methyl sites for hydroxylation is 1. The van der Waals surface area contributed by atoms with Crippen LogP contribution in [0.15, 0.2) is 54.6 Å². The van der Waals surface area contributed by atoms with E-state index in [2.05, 4.69) is 82.3 Å². The number of benzene rings is 2. The Labute approximate surface area is 170 Å². The summed E-state index contributed by atoms with van der Waals surface area (Å²) in [6.45, 7) is 9.26. The number of fused-ring (bicyclic) bond motifs is 1. The molecule has 2 aromatic rings. The molecule has 1 heterocycles. The van der Waals surface area contributed by atoms with Crippen LogP contribution in [0.1, 0.15) is 75.1 Å². The van der Waals surface area contributed by atoms with Crippen LogP contribution in [-0.4, -0.2) is 16.3 Å². The van der Waals surface area contributed by atoms with Gasteiger partial charge < -0.3 is 5.21 Å². The Balaban J connectivity index is 1.69. The van der Waals surface area contributed by atoms with Gasteiger partial charge in [-0.2, -0.15) is 5.06 Å². The van der Waals surface area contributed by atoms with Crippen LogP contribution in [0.5, 0.6) is 0 Å². The number of piperidine rings is 1. The van der Waals surface area contributed by atoms with Gasteiger partial charge in [-0.3, -0.25) is 0 Å². The van der Waals surface area contributed by atoms with Crippen LogP contribution in [0, 0.1) is 24.2 Å². The fraction of sp³-hybridized carbons (Fsp3) is 0.538. The topological polar surface area (TPSA) is 23.5 Å². The summed E-state index contributed by atoms with van der Waals surface area (Å²) in [6, 6.07) is 20.1. The van der Waals surface area contributed by atoms with Gasteiger partial charge in [0.05, 0.1) is 6.04 Å². The second-order valence-electron chi connectivity index (χ2n) is 10.2. The van der Waals surface area contributed by atoms with Gasteiger partial charge in [-0.1, -0.05) is 80.9 Å². The van der Waals surface area contributed by atoms with Crippen LogP contribution in [0.25, 0.3) is 0 Å². The number of hydroxylamine groups is 2. The number of hydrogen-bond acceptors (Lipinski definition) is 2. The van der Waals surface area contributed by atoms with Crippen molar-refractivity contribution in [3.63, 3.8) is 0 Å². The first-order valence-electron chi connectivity index (χ1n) is 10.9. The molecule has 28 heavy (non-hydrogen) atoms. The minimum atomic E-state index is 0.0817. The van der Waals surface area contributed by atoms with Gasteiger partial charge in [0, 0.05) is 6.04 Å². The maximum Gasteiger partial charge on any atom is 0.0608 e. The summed E-state index contributed by atoms with van der Waals surface area (Å²) >= 11 is 0.